The Hall–Kier alpha value is -1.36. The molecule has 1 saturated heterocycles. The number of piperidine rings is 1. The van der Waals surface area contributed by atoms with Crippen molar-refractivity contribution in [1.82, 2.24) is 9.97 Å². The van der Waals surface area contributed by atoms with E-state index in [0.29, 0.717) is 5.92 Å². The molecule has 2 rings (SSSR count). The number of nitrogens with zero attached hydrogens (tertiary/aromatic N) is 3. The minimum absolute atomic E-state index is 0.204. The van der Waals surface area contributed by atoms with E-state index in [9.17, 15) is 5.11 Å². The molecule has 21 heavy (non-hydrogen) atoms. The summed E-state index contributed by atoms with van der Waals surface area (Å²) in [5.41, 5.74) is 1.21. The molecule has 1 aromatic heterocycles. The van der Waals surface area contributed by atoms with Gasteiger partial charge in [-0.3, -0.25) is 0 Å². The van der Waals surface area contributed by atoms with Gasteiger partial charge < -0.3 is 15.3 Å². The molecule has 0 amide bonds. The first-order valence-corrected chi connectivity index (χ1v) is 8.18. The highest BCUT2D eigenvalue weighted by atomic mass is 16.3. The van der Waals surface area contributed by atoms with Crippen LogP contribution in [0.25, 0.3) is 0 Å². The van der Waals surface area contributed by atoms with Crippen LogP contribution in [0.5, 0.6) is 0 Å². The standard InChI is InChI=1S/C16H28N4O/c1-4-8-17-15-14(5-2)16(19-11-18-15)20-9-6-13(7-10-20)12(3)21/h11-13,21H,4-10H2,1-3H3,(H,17,18,19). The first-order chi connectivity index (χ1) is 10.2. The Kier molecular flexibility index (Phi) is 5.79. The number of aromatic nitrogens is 2. The van der Waals surface area contributed by atoms with Crippen molar-refractivity contribution < 1.29 is 5.11 Å². The van der Waals surface area contributed by atoms with Crippen molar-refractivity contribution in [3.05, 3.63) is 11.9 Å². The molecule has 1 aliphatic heterocycles. The molecule has 5 nitrogen and oxygen atoms in total. The van der Waals surface area contributed by atoms with Crippen molar-refractivity contribution in [2.24, 2.45) is 5.92 Å². The van der Waals surface area contributed by atoms with Crippen LogP contribution in [-0.2, 0) is 6.42 Å². The normalized spacial score (nSPS) is 17.8. The van der Waals surface area contributed by atoms with Gasteiger partial charge in [0, 0.05) is 25.2 Å². The molecule has 0 aliphatic carbocycles. The van der Waals surface area contributed by atoms with Gasteiger partial charge in [0.25, 0.3) is 0 Å². The molecule has 1 fully saturated rings. The van der Waals surface area contributed by atoms with E-state index in [0.717, 1.165) is 57.0 Å². The molecule has 0 aromatic carbocycles. The van der Waals surface area contributed by atoms with E-state index in [1.54, 1.807) is 6.33 Å². The van der Waals surface area contributed by atoms with Gasteiger partial charge in [-0.15, -0.1) is 0 Å². The Labute approximate surface area is 127 Å². The van der Waals surface area contributed by atoms with Gasteiger partial charge in [0.05, 0.1) is 6.10 Å². The molecular weight excluding hydrogens is 264 g/mol. The number of hydrogen-bond acceptors (Lipinski definition) is 5. The molecule has 1 aromatic rings. The Morgan fingerprint density at radius 3 is 2.62 bits per heavy atom. The van der Waals surface area contributed by atoms with Crippen LogP contribution in [0, 0.1) is 5.92 Å². The molecule has 0 bridgehead atoms. The number of aliphatic hydroxyl groups excluding tert-OH is 1. The van der Waals surface area contributed by atoms with Gasteiger partial charge in [-0.2, -0.15) is 0 Å². The van der Waals surface area contributed by atoms with Crippen molar-refractivity contribution in [1.29, 1.82) is 0 Å². The fourth-order valence-electron chi connectivity index (χ4n) is 2.99. The topological polar surface area (TPSA) is 61.3 Å². The first-order valence-electron chi connectivity index (χ1n) is 8.18. The van der Waals surface area contributed by atoms with E-state index in [1.807, 2.05) is 6.92 Å². The van der Waals surface area contributed by atoms with E-state index < -0.39 is 0 Å². The second-order valence-electron chi connectivity index (χ2n) is 5.87. The molecule has 2 heterocycles. The highest BCUT2D eigenvalue weighted by Gasteiger charge is 2.25. The molecule has 1 atom stereocenters. The predicted octanol–water partition coefficient (Wildman–Crippen LogP) is 2.46. The average molecular weight is 292 g/mol. The van der Waals surface area contributed by atoms with Crippen LogP contribution in [0.3, 0.4) is 0 Å². The zero-order valence-corrected chi connectivity index (χ0v) is 13.5. The lowest BCUT2D eigenvalue weighted by molar-refractivity contribution is 0.109. The Balaban J connectivity index is 2.12. The van der Waals surface area contributed by atoms with E-state index in [-0.39, 0.29) is 6.10 Å². The van der Waals surface area contributed by atoms with Crippen molar-refractivity contribution >= 4 is 11.6 Å². The summed E-state index contributed by atoms with van der Waals surface area (Å²) in [4.78, 5) is 11.3. The van der Waals surface area contributed by atoms with Crippen LogP contribution in [0.15, 0.2) is 6.33 Å². The average Bonchev–Trinajstić information content (AvgIpc) is 2.52. The van der Waals surface area contributed by atoms with Gasteiger partial charge in [0.2, 0.25) is 0 Å². The van der Waals surface area contributed by atoms with Gasteiger partial charge in [-0.25, -0.2) is 9.97 Å². The summed E-state index contributed by atoms with van der Waals surface area (Å²) in [6.45, 7) is 9.08. The zero-order valence-electron chi connectivity index (χ0n) is 13.5. The predicted molar refractivity (Wildman–Crippen MR) is 86.8 cm³/mol. The Morgan fingerprint density at radius 1 is 1.33 bits per heavy atom. The molecule has 2 N–H and O–H groups in total. The second kappa shape index (κ2) is 7.59. The van der Waals surface area contributed by atoms with Crippen LogP contribution < -0.4 is 10.2 Å². The van der Waals surface area contributed by atoms with E-state index in [4.69, 9.17) is 0 Å². The SMILES string of the molecule is CCCNc1ncnc(N2CCC(C(C)O)CC2)c1CC. The van der Waals surface area contributed by atoms with Crippen LogP contribution in [0.4, 0.5) is 11.6 Å². The molecule has 1 aliphatic rings. The van der Waals surface area contributed by atoms with Gasteiger partial charge in [-0.05, 0) is 38.5 Å². The number of nitrogens with one attached hydrogen (secondary N) is 1. The number of anilines is 2. The van der Waals surface area contributed by atoms with Gasteiger partial charge in [0.1, 0.15) is 18.0 Å². The van der Waals surface area contributed by atoms with Crippen LogP contribution in [0.2, 0.25) is 0 Å². The maximum atomic E-state index is 9.72. The fraction of sp³-hybridized carbons (Fsp3) is 0.750. The number of aliphatic hydroxyl groups is 1. The molecule has 0 saturated carbocycles. The van der Waals surface area contributed by atoms with E-state index >= 15 is 0 Å². The maximum Gasteiger partial charge on any atom is 0.137 e. The minimum atomic E-state index is -0.204. The van der Waals surface area contributed by atoms with Gasteiger partial charge in [0.15, 0.2) is 0 Å². The lowest BCUT2D eigenvalue weighted by atomic mass is 9.92. The van der Waals surface area contributed by atoms with Crippen LogP contribution in [-0.4, -0.2) is 40.8 Å². The summed E-state index contributed by atoms with van der Waals surface area (Å²) in [5, 5.41) is 13.1. The summed E-state index contributed by atoms with van der Waals surface area (Å²) in [7, 11) is 0. The summed E-state index contributed by atoms with van der Waals surface area (Å²) < 4.78 is 0. The molecule has 0 spiro atoms. The highest BCUT2D eigenvalue weighted by molar-refractivity contribution is 5.59. The zero-order chi connectivity index (χ0) is 15.2. The van der Waals surface area contributed by atoms with Crippen LogP contribution in [0.1, 0.15) is 45.6 Å². The molecule has 0 radical (unpaired) electrons. The minimum Gasteiger partial charge on any atom is -0.393 e. The third-order valence-corrected chi connectivity index (χ3v) is 4.34. The van der Waals surface area contributed by atoms with Gasteiger partial charge >= 0.3 is 0 Å². The van der Waals surface area contributed by atoms with Crippen molar-refractivity contribution in [2.45, 2.75) is 52.6 Å². The van der Waals surface area contributed by atoms with Crippen LogP contribution >= 0.6 is 0 Å². The third kappa shape index (κ3) is 3.84. The molecular formula is C16H28N4O. The summed E-state index contributed by atoms with van der Waals surface area (Å²) >= 11 is 0. The number of hydrogen-bond donors (Lipinski definition) is 2. The van der Waals surface area contributed by atoms with Gasteiger partial charge in [-0.1, -0.05) is 13.8 Å². The fourth-order valence-corrected chi connectivity index (χ4v) is 2.99. The lowest BCUT2D eigenvalue weighted by Gasteiger charge is -2.35. The molecule has 1 unspecified atom stereocenters. The smallest absolute Gasteiger partial charge is 0.137 e. The molecule has 5 heteroatoms. The van der Waals surface area contributed by atoms with Crippen molar-refractivity contribution in [3.8, 4) is 0 Å². The second-order valence-corrected chi connectivity index (χ2v) is 5.87. The largest absolute Gasteiger partial charge is 0.393 e. The number of rotatable bonds is 6. The highest BCUT2D eigenvalue weighted by Crippen LogP contribution is 2.29. The van der Waals surface area contributed by atoms with Crippen molar-refractivity contribution in [3.63, 3.8) is 0 Å². The van der Waals surface area contributed by atoms with E-state index in [1.165, 1.54) is 5.56 Å². The maximum absolute atomic E-state index is 9.72. The summed E-state index contributed by atoms with van der Waals surface area (Å²) in [6, 6.07) is 0. The monoisotopic (exact) mass is 292 g/mol. The molecule has 118 valence electrons. The summed E-state index contributed by atoms with van der Waals surface area (Å²) in [6.07, 6.45) is 5.53. The first kappa shape index (κ1) is 16.0. The Bertz CT molecular complexity index is 442. The van der Waals surface area contributed by atoms with E-state index in [2.05, 4.69) is 34.0 Å². The lowest BCUT2D eigenvalue weighted by Crippen LogP contribution is -2.38. The van der Waals surface area contributed by atoms with Crippen molar-refractivity contribution in [2.75, 3.05) is 29.9 Å². The quantitative estimate of drug-likeness (QED) is 0.843. The third-order valence-electron chi connectivity index (χ3n) is 4.34. The Morgan fingerprint density at radius 2 is 2.05 bits per heavy atom. The summed E-state index contributed by atoms with van der Waals surface area (Å²) in [5.74, 6) is 2.46.